The van der Waals surface area contributed by atoms with E-state index in [1.165, 1.54) is 43.3 Å². The number of hydrogen-bond acceptors (Lipinski definition) is 3. The molecule has 0 aliphatic rings. The second-order valence-electron chi connectivity index (χ2n) is 6.17. The van der Waals surface area contributed by atoms with E-state index in [1.807, 2.05) is 13.0 Å². The summed E-state index contributed by atoms with van der Waals surface area (Å²) in [7, 11) is 0. The SMILES string of the molecule is CCN(Cc1cccc(NC(=O)/C=C/c2ccc(SC(F)(F)F)cc2)c1)C(C)=O. The molecule has 0 aromatic heterocycles. The van der Waals surface area contributed by atoms with Crippen LogP contribution in [0.3, 0.4) is 0 Å². The molecule has 0 radical (unpaired) electrons. The zero-order chi connectivity index (χ0) is 21.4. The molecule has 0 aliphatic carbocycles. The molecule has 29 heavy (non-hydrogen) atoms. The smallest absolute Gasteiger partial charge is 0.339 e. The Morgan fingerprint density at radius 1 is 1.14 bits per heavy atom. The predicted molar refractivity (Wildman–Crippen MR) is 109 cm³/mol. The standard InChI is InChI=1S/C21H21F3N2O2S/c1-3-26(15(2)27)14-17-5-4-6-18(13-17)25-20(28)12-9-16-7-10-19(11-8-16)29-21(22,23)24/h4-13H,3,14H2,1-2H3,(H,25,28)/b12-9+. The fourth-order valence-corrected chi connectivity index (χ4v) is 3.09. The van der Waals surface area contributed by atoms with E-state index in [0.717, 1.165) is 5.56 Å². The Kier molecular flexibility index (Phi) is 7.90. The van der Waals surface area contributed by atoms with Gasteiger partial charge in [-0.2, -0.15) is 13.2 Å². The molecule has 0 saturated carbocycles. The number of nitrogens with one attached hydrogen (secondary N) is 1. The lowest BCUT2D eigenvalue weighted by atomic mass is 10.1. The van der Waals surface area contributed by atoms with Gasteiger partial charge in [-0.1, -0.05) is 24.3 Å². The number of amides is 2. The lowest BCUT2D eigenvalue weighted by Gasteiger charge is -2.19. The molecule has 0 unspecified atom stereocenters. The number of hydrogen-bond donors (Lipinski definition) is 1. The van der Waals surface area contributed by atoms with Crippen LogP contribution in [0.1, 0.15) is 25.0 Å². The van der Waals surface area contributed by atoms with Crippen LogP contribution in [-0.4, -0.2) is 28.8 Å². The van der Waals surface area contributed by atoms with E-state index in [-0.39, 0.29) is 28.5 Å². The van der Waals surface area contributed by atoms with Gasteiger partial charge in [0.1, 0.15) is 0 Å². The summed E-state index contributed by atoms with van der Waals surface area (Å²) in [4.78, 5) is 25.4. The van der Waals surface area contributed by atoms with Gasteiger partial charge >= 0.3 is 5.51 Å². The highest BCUT2D eigenvalue weighted by atomic mass is 32.2. The van der Waals surface area contributed by atoms with E-state index >= 15 is 0 Å². The molecule has 0 heterocycles. The van der Waals surface area contributed by atoms with Crippen molar-refractivity contribution >= 4 is 35.3 Å². The second-order valence-corrected chi connectivity index (χ2v) is 7.31. The minimum Gasteiger partial charge on any atom is -0.339 e. The van der Waals surface area contributed by atoms with Gasteiger partial charge in [-0.3, -0.25) is 9.59 Å². The number of carbonyl (C=O) groups excluding carboxylic acids is 2. The quantitative estimate of drug-likeness (QED) is 0.485. The average molecular weight is 422 g/mol. The Bertz CT molecular complexity index is 880. The second kappa shape index (κ2) is 10.2. The van der Waals surface area contributed by atoms with Crippen LogP contribution in [0.4, 0.5) is 18.9 Å². The Morgan fingerprint density at radius 2 is 1.83 bits per heavy atom. The first-order valence-corrected chi connectivity index (χ1v) is 9.67. The lowest BCUT2D eigenvalue weighted by Crippen LogP contribution is -2.27. The van der Waals surface area contributed by atoms with Gasteiger partial charge < -0.3 is 10.2 Å². The highest BCUT2D eigenvalue weighted by Gasteiger charge is 2.28. The molecule has 0 atom stereocenters. The number of thioether (sulfide) groups is 1. The van der Waals surface area contributed by atoms with Crippen LogP contribution in [0.5, 0.6) is 0 Å². The molecule has 0 aliphatic heterocycles. The molecule has 2 aromatic rings. The van der Waals surface area contributed by atoms with Crippen molar-refractivity contribution < 1.29 is 22.8 Å². The highest BCUT2D eigenvalue weighted by molar-refractivity contribution is 8.00. The van der Waals surface area contributed by atoms with Gasteiger partial charge in [0, 0.05) is 36.7 Å². The summed E-state index contributed by atoms with van der Waals surface area (Å²) in [5, 5.41) is 2.73. The maximum atomic E-state index is 12.3. The number of nitrogens with zero attached hydrogens (tertiary/aromatic N) is 1. The number of rotatable bonds is 7. The molecule has 8 heteroatoms. The van der Waals surface area contributed by atoms with Gasteiger partial charge in [0.05, 0.1) is 0 Å². The fraction of sp³-hybridized carbons (Fsp3) is 0.238. The van der Waals surface area contributed by atoms with Crippen LogP contribution in [0, 0.1) is 0 Å². The third kappa shape index (κ3) is 8.03. The number of halogens is 3. The van der Waals surface area contributed by atoms with E-state index in [4.69, 9.17) is 0 Å². The van der Waals surface area contributed by atoms with Crippen molar-refractivity contribution in [3.63, 3.8) is 0 Å². The molecule has 2 rings (SSSR count). The fourth-order valence-electron chi connectivity index (χ4n) is 2.55. The normalized spacial score (nSPS) is 11.5. The first kappa shape index (κ1) is 22.5. The van der Waals surface area contributed by atoms with Gasteiger partial charge in [0.25, 0.3) is 0 Å². The molecule has 0 saturated heterocycles. The van der Waals surface area contributed by atoms with Crippen molar-refractivity contribution in [3.05, 3.63) is 65.7 Å². The van der Waals surface area contributed by atoms with Gasteiger partial charge in [0.15, 0.2) is 0 Å². The molecule has 0 bridgehead atoms. The van der Waals surface area contributed by atoms with Crippen molar-refractivity contribution in [2.75, 3.05) is 11.9 Å². The maximum absolute atomic E-state index is 12.3. The molecule has 2 aromatic carbocycles. The molecule has 1 N–H and O–H groups in total. The number of carbonyl (C=O) groups is 2. The Balaban J connectivity index is 1.96. The number of anilines is 1. The van der Waals surface area contributed by atoms with Crippen LogP contribution in [0.25, 0.3) is 6.08 Å². The predicted octanol–water partition coefficient (Wildman–Crippen LogP) is 5.32. The zero-order valence-corrected chi connectivity index (χ0v) is 16.8. The maximum Gasteiger partial charge on any atom is 0.446 e. The molecule has 0 spiro atoms. The molecule has 4 nitrogen and oxygen atoms in total. The van der Waals surface area contributed by atoms with Crippen LogP contribution < -0.4 is 5.32 Å². The van der Waals surface area contributed by atoms with Crippen molar-refractivity contribution in [3.8, 4) is 0 Å². The van der Waals surface area contributed by atoms with Gasteiger partial charge in [-0.05, 0) is 60.2 Å². The van der Waals surface area contributed by atoms with E-state index < -0.39 is 5.51 Å². The van der Waals surface area contributed by atoms with Crippen LogP contribution in [0.15, 0.2) is 59.5 Å². The van der Waals surface area contributed by atoms with Gasteiger partial charge in [-0.15, -0.1) is 0 Å². The van der Waals surface area contributed by atoms with E-state index in [1.54, 1.807) is 23.1 Å². The zero-order valence-electron chi connectivity index (χ0n) is 16.0. The Labute approximate surface area is 171 Å². The summed E-state index contributed by atoms with van der Waals surface area (Å²) in [5.74, 6) is -0.390. The van der Waals surface area contributed by atoms with Crippen molar-refractivity contribution in [1.82, 2.24) is 4.90 Å². The topological polar surface area (TPSA) is 49.4 Å². The summed E-state index contributed by atoms with van der Waals surface area (Å²) >= 11 is -0.184. The number of alkyl halides is 3. The molecular formula is C21H21F3N2O2S. The van der Waals surface area contributed by atoms with Crippen molar-refractivity contribution in [1.29, 1.82) is 0 Å². The first-order valence-electron chi connectivity index (χ1n) is 8.85. The first-order chi connectivity index (χ1) is 13.7. The highest BCUT2D eigenvalue weighted by Crippen LogP contribution is 2.36. The van der Waals surface area contributed by atoms with E-state index in [2.05, 4.69) is 5.32 Å². The minimum atomic E-state index is -4.33. The lowest BCUT2D eigenvalue weighted by molar-refractivity contribution is -0.129. The summed E-state index contributed by atoms with van der Waals surface area (Å²) in [6.07, 6.45) is 2.84. The largest absolute Gasteiger partial charge is 0.446 e. The summed E-state index contributed by atoms with van der Waals surface area (Å²) in [6.45, 7) is 4.45. The molecule has 2 amide bonds. The molecular weight excluding hydrogens is 401 g/mol. The van der Waals surface area contributed by atoms with Gasteiger partial charge in [0.2, 0.25) is 11.8 Å². The van der Waals surface area contributed by atoms with Crippen molar-refractivity contribution in [2.45, 2.75) is 30.8 Å². The van der Waals surface area contributed by atoms with Crippen LogP contribution >= 0.6 is 11.8 Å². The third-order valence-corrected chi connectivity index (χ3v) is 4.68. The number of benzene rings is 2. The minimum absolute atomic E-state index is 0.0236. The van der Waals surface area contributed by atoms with E-state index in [0.29, 0.717) is 24.3 Å². The van der Waals surface area contributed by atoms with Gasteiger partial charge in [-0.25, -0.2) is 0 Å². The molecule has 0 fully saturated rings. The average Bonchev–Trinajstić information content (AvgIpc) is 2.64. The summed E-state index contributed by atoms with van der Waals surface area (Å²) < 4.78 is 37.0. The monoisotopic (exact) mass is 422 g/mol. The van der Waals surface area contributed by atoms with Crippen LogP contribution in [0.2, 0.25) is 0 Å². The summed E-state index contributed by atoms with van der Waals surface area (Å²) in [6, 6.07) is 12.9. The van der Waals surface area contributed by atoms with Crippen molar-refractivity contribution in [2.24, 2.45) is 0 Å². The summed E-state index contributed by atoms with van der Waals surface area (Å²) in [5.41, 5.74) is -2.24. The molecule has 154 valence electrons. The Morgan fingerprint density at radius 3 is 2.41 bits per heavy atom. The third-order valence-electron chi connectivity index (χ3n) is 3.94. The Hall–Kier alpha value is -2.74. The van der Waals surface area contributed by atoms with E-state index in [9.17, 15) is 22.8 Å². The van der Waals surface area contributed by atoms with Crippen LogP contribution in [-0.2, 0) is 16.1 Å².